The minimum absolute atomic E-state index is 0.0610. The van der Waals surface area contributed by atoms with Crippen molar-refractivity contribution in [1.29, 1.82) is 0 Å². The van der Waals surface area contributed by atoms with Crippen molar-refractivity contribution in [2.75, 3.05) is 18.4 Å². The summed E-state index contributed by atoms with van der Waals surface area (Å²) in [5.41, 5.74) is 2.50. The van der Waals surface area contributed by atoms with Crippen molar-refractivity contribution in [1.82, 2.24) is 9.29 Å². The number of carbonyl (C=O) groups is 1. The molecule has 3 aromatic rings. The SMILES string of the molecule is Cc1nc(-c2cccc(NC(=O)C3CCN(S(=O)(=O)c4ccc(F)cc4)CC3)c2)cs1. The molecule has 6 nitrogen and oxygen atoms in total. The standard InChI is InChI=1S/C22H22FN3O3S2/c1-15-24-21(14-30-15)17-3-2-4-19(13-17)25-22(27)16-9-11-26(12-10-16)31(28,29)20-7-5-18(23)6-8-20/h2-8,13-14,16H,9-12H2,1H3,(H,25,27). The lowest BCUT2D eigenvalue weighted by Crippen LogP contribution is -2.41. The molecule has 0 saturated carbocycles. The molecule has 2 aromatic carbocycles. The van der Waals surface area contributed by atoms with E-state index in [0.717, 1.165) is 28.4 Å². The number of hydrogen-bond acceptors (Lipinski definition) is 5. The first-order valence-corrected chi connectivity index (χ1v) is 12.2. The lowest BCUT2D eigenvalue weighted by atomic mass is 9.97. The van der Waals surface area contributed by atoms with Gasteiger partial charge in [0.15, 0.2) is 0 Å². The fraction of sp³-hybridized carbons (Fsp3) is 0.273. The number of hydrogen-bond donors (Lipinski definition) is 1. The number of carbonyl (C=O) groups excluding carboxylic acids is 1. The lowest BCUT2D eigenvalue weighted by molar-refractivity contribution is -0.120. The summed E-state index contributed by atoms with van der Waals surface area (Å²) in [5.74, 6) is -0.876. The minimum Gasteiger partial charge on any atom is -0.326 e. The van der Waals surface area contributed by atoms with E-state index in [9.17, 15) is 17.6 Å². The molecular weight excluding hydrogens is 437 g/mol. The van der Waals surface area contributed by atoms with Gasteiger partial charge in [0.1, 0.15) is 5.82 Å². The molecule has 1 aliphatic rings. The molecule has 1 aromatic heterocycles. The van der Waals surface area contributed by atoms with Crippen molar-refractivity contribution in [3.8, 4) is 11.3 Å². The molecule has 4 rings (SSSR count). The number of amides is 1. The smallest absolute Gasteiger partial charge is 0.243 e. The molecule has 1 fully saturated rings. The lowest BCUT2D eigenvalue weighted by Gasteiger charge is -2.30. The molecule has 0 spiro atoms. The van der Waals surface area contributed by atoms with Crippen molar-refractivity contribution in [3.05, 3.63) is 64.7 Å². The zero-order valence-electron chi connectivity index (χ0n) is 16.9. The summed E-state index contributed by atoms with van der Waals surface area (Å²) >= 11 is 1.57. The van der Waals surface area contributed by atoms with Gasteiger partial charge in [0.2, 0.25) is 15.9 Å². The highest BCUT2D eigenvalue weighted by atomic mass is 32.2. The van der Waals surface area contributed by atoms with Gasteiger partial charge in [0.25, 0.3) is 0 Å². The summed E-state index contributed by atoms with van der Waals surface area (Å²) in [5, 5.41) is 5.91. The van der Waals surface area contributed by atoms with Gasteiger partial charge >= 0.3 is 0 Å². The van der Waals surface area contributed by atoms with Gasteiger partial charge in [-0.05, 0) is 56.2 Å². The van der Waals surface area contributed by atoms with Crippen molar-refractivity contribution < 1.29 is 17.6 Å². The Labute approximate surface area is 184 Å². The van der Waals surface area contributed by atoms with Gasteiger partial charge in [-0.3, -0.25) is 4.79 Å². The molecule has 0 unspecified atom stereocenters. The topological polar surface area (TPSA) is 79.4 Å². The molecular formula is C22H22FN3O3S2. The van der Waals surface area contributed by atoms with Crippen LogP contribution in [-0.4, -0.2) is 36.7 Å². The molecule has 0 aliphatic carbocycles. The summed E-state index contributed by atoms with van der Waals surface area (Å²) in [6, 6.07) is 12.3. The Bertz CT molecular complexity index is 1180. The van der Waals surface area contributed by atoms with Crippen LogP contribution in [0.2, 0.25) is 0 Å². The Kier molecular flexibility index (Phi) is 6.17. The minimum atomic E-state index is -3.69. The maximum absolute atomic E-state index is 13.1. The van der Waals surface area contributed by atoms with E-state index < -0.39 is 15.8 Å². The normalized spacial score (nSPS) is 15.7. The molecule has 1 amide bonds. The predicted octanol–water partition coefficient (Wildman–Crippen LogP) is 4.30. The largest absolute Gasteiger partial charge is 0.326 e. The molecule has 0 bridgehead atoms. The average molecular weight is 460 g/mol. The van der Waals surface area contributed by atoms with Gasteiger partial charge < -0.3 is 5.32 Å². The van der Waals surface area contributed by atoms with E-state index in [4.69, 9.17) is 0 Å². The van der Waals surface area contributed by atoms with Gasteiger partial charge in [0.05, 0.1) is 15.6 Å². The summed E-state index contributed by atoms with van der Waals surface area (Å²) in [6.45, 7) is 2.44. The second-order valence-electron chi connectivity index (χ2n) is 7.45. The Balaban J connectivity index is 1.38. The molecule has 1 aliphatic heterocycles. The Hall–Kier alpha value is -2.62. The highest BCUT2D eigenvalue weighted by Gasteiger charge is 2.32. The monoisotopic (exact) mass is 459 g/mol. The highest BCUT2D eigenvalue weighted by Crippen LogP contribution is 2.27. The van der Waals surface area contributed by atoms with Crippen LogP contribution in [0.5, 0.6) is 0 Å². The number of piperidine rings is 1. The molecule has 0 radical (unpaired) electrons. The van der Waals surface area contributed by atoms with E-state index in [1.165, 1.54) is 16.4 Å². The van der Waals surface area contributed by atoms with E-state index >= 15 is 0 Å². The summed E-state index contributed by atoms with van der Waals surface area (Å²) in [4.78, 5) is 17.3. The second-order valence-corrected chi connectivity index (χ2v) is 10.5. The summed E-state index contributed by atoms with van der Waals surface area (Å²) < 4.78 is 39.9. The van der Waals surface area contributed by atoms with Gasteiger partial charge in [-0.15, -0.1) is 11.3 Å². The van der Waals surface area contributed by atoms with Crippen LogP contribution in [0.4, 0.5) is 10.1 Å². The van der Waals surface area contributed by atoms with Crippen molar-refractivity contribution in [3.63, 3.8) is 0 Å². The third-order valence-electron chi connectivity index (χ3n) is 5.32. The van der Waals surface area contributed by atoms with Crippen LogP contribution in [0.15, 0.2) is 58.8 Å². The summed E-state index contributed by atoms with van der Waals surface area (Å²) in [7, 11) is -3.69. The van der Waals surface area contributed by atoms with Crippen molar-refractivity contribution in [2.45, 2.75) is 24.7 Å². The van der Waals surface area contributed by atoms with Gasteiger partial charge in [-0.25, -0.2) is 17.8 Å². The zero-order valence-corrected chi connectivity index (χ0v) is 18.5. The molecule has 162 valence electrons. The van der Waals surface area contributed by atoms with E-state index in [-0.39, 0.29) is 29.8 Å². The van der Waals surface area contributed by atoms with Crippen LogP contribution in [-0.2, 0) is 14.8 Å². The number of halogens is 1. The fourth-order valence-corrected chi connectivity index (χ4v) is 5.70. The van der Waals surface area contributed by atoms with Crippen molar-refractivity contribution in [2.24, 2.45) is 5.92 Å². The fourth-order valence-electron chi connectivity index (χ4n) is 3.61. The predicted molar refractivity (Wildman–Crippen MR) is 119 cm³/mol. The number of sulfonamides is 1. The molecule has 0 atom stereocenters. The third-order valence-corrected chi connectivity index (χ3v) is 8.01. The quantitative estimate of drug-likeness (QED) is 0.617. The van der Waals surface area contributed by atoms with E-state index in [2.05, 4.69) is 10.3 Å². The first kappa shape index (κ1) is 21.6. The van der Waals surface area contributed by atoms with Crippen LogP contribution in [0, 0.1) is 18.7 Å². The van der Waals surface area contributed by atoms with Gasteiger partial charge in [-0.1, -0.05) is 12.1 Å². The highest BCUT2D eigenvalue weighted by molar-refractivity contribution is 7.89. The average Bonchev–Trinajstić information content (AvgIpc) is 3.21. The Morgan fingerprint density at radius 3 is 2.52 bits per heavy atom. The second kappa shape index (κ2) is 8.86. The molecule has 1 N–H and O–H groups in total. The molecule has 2 heterocycles. The third kappa shape index (κ3) is 4.84. The number of thiazole rings is 1. The van der Waals surface area contributed by atoms with Crippen molar-refractivity contribution >= 4 is 33.0 Å². The molecule has 31 heavy (non-hydrogen) atoms. The maximum atomic E-state index is 13.1. The maximum Gasteiger partial charge on any atom is 0.243 e. The zero-order chi connectivity index (χ0) is 22.0. The van der Waals surface area contributed by atoms with Gasteiger partial charge in [0, 0.05) is 35.6 Å². The van der Waals surface area contributed by atoms with Crippen LogP contribution >= 0.6 is 11.3 Å². The summed E-state index contributed by atoms with van der Waals surface area (Å²) in [6.07, 6.45) is 0.856. The number of nitrogens with one attached hydrogen (secondary N) is 1. The first-order valence-electron chi connectivity index (χ1n) is 9.92. The van der Waals surface area contributed by atoms with E-state index in [0.29, 0.717) is 18.5 Å². The number of nitrogens with zero attached hydrogens (tertiary/aromatic N) is 2. The van der Waals surface area contributed by atoms with Crippen LogP contribution in [0.3, 0.4) is 0 Å². The van der Waals surface area contributed by atoms with Crippen LogP contribution < -0.4 is 5.32 Å². The van der Waals surface area contributed by atoms with E-state index in [1.54, 1.807) is 11.3 Å². The number of rotatable bonds is 5. The van der Waals surface area contributed by atoms with Gasteiger partial charge in [-0.2, -0.15) is 4.31 Å². The number of benzene rings is 2. The number of anilines is 1. The molecule has 1 saturated heterocycles. The van der Waals surface area contributed by atoms with Crippen LogP contribution in [0.1, 0.15) is 17.8 Å². The Morgan fingerprint density at radius 2 is 1.87 bits per heavy atom. The number of aromatic nitrogens is 1. The Morgan fingerprint density at radius 1 is 1.16 bits per heavy atom. The first-order chi connectivity index (χ1) is 14.8. The molecule has 9 heteroatoms. The van der Waals surface area contributed by atoms with E-state index in [1.807, 2.05) is 36.6 Å². The number of aryl methyl sites for hydroxylation is 1. The van der Waals surface area contributed by atoms with Crippen LogP contribution in [0.25, 0.3) is 11.3 Å².